The standard InChI is InChI=1S/C26H23F3N4O5/c1-25(2,24(36)37)13-30-23(35)21-22(34)16-10-9-15(38-14-7-5-4-6-8-14)11-17(16)20(31-21)18-12-19(26(27,28)29)32-33(18)3/h4-12,34H,13H2,1-3H3,(H,30,35)(H,36,37). The van der Waals surface area contributed by atoms with Crippen molar-refractivity contribution < 1.29 is 37.7 Å². The van der Waals surface area contributed by atoms with Crippen LogP contribution in [0.3, 0.4) is 0 Å². The molecule has 0 atom stereocenters. The number of nitrogens with one attached hydrogen (secondary N) is 1. The van der Waals surface area contributed by atoms with Crippen LogP contribution >= 0.6 is 0 Å². The van der Waals surface area contributed by atoms with Gasteiger partial charge in [0.15, 0.2) is 17.1 Å². The predicted molar refractivity (Wildman–Crippen MR) is 131 cm³/mol. The van der Waals surface area contributed by atoms with Crippen molar-refractivity contribution in [2.45, 2.75) is 20.0 Å². The van der Waals surface area contributed by atoms with Crippen LogP contribution in [0.25, 0.3) is 22.2 Å². The van der Waals surface area contributed by atoms with Crippen molar-refractivity contribution in [2.24, 2.45) is 12.5 Å². The molecule has 2 aromatic carbocycles. The number of ether oxygens (including phenoxy) is 1. The molecule has 3 N–H and O–H groups in total. The highest BCUT2D eigenvalue weighted by atomic mass is 19.4. The quantitative estimate of drug-likeness (QED) is 0.308. The number of amides is 1. The van der Waals surface area contributed by atoms with E-state index in [9.17, 15) is 33.0 Å². The number of aryl methyl sites for hydroxylation is 1. The Labute approximate surface area is 214 Å². The summed E-state index contributed by atoms with van der Waals surface area (Å²) in [5.41, 5.74) is -3.11. The average Bonchev–Trinajstić information content (AvgIpc) is 3.25. The molecule has 0 unspecified atom stereocenters. The molecule has 9 nitrogen and oxygen atoms in total. The summed E-state index contributed by atoms with van der Waals surface area (Å²) in [6.07, 6.45) is -4.73. The van der Waals surface area contributed by atoms with Crippen LogP contribution in [0.5, 0.6) is 17.2 Å². The molecule has 1 amide bonds. The predicted octanol–water partition coefficient (Wildman–Crippen LogP) is 4.99. The first-order valence-electron chi connectivity index (χ1n) is 11.3. The van der Waals surface area contributed by atoms with E-state index in [2.05, 4.69) is 15.4 Å². The van der Waals surface area contributed by atoms with Gasteiger partial charge in [0.05, 0.1) is 16.8 Å². The van der Waals surface area contributed by atoms with E-state index < -0.39 is 40.6 Å². The normalized spacial score (nSPS) is 11.9. The van der Waals surface area contributed by atoms with Gasteiger partial charge in [-0.25, -0.2) is 4.98 Å². The van der Waals surface area contributed by atoms with Gasteiger partial charge >= 0.3 is 12.1 Å². The van der Waals surface area contributed by atoms with Crippen LogP contribution in [0.4, 0.5) is 13.2 Å². The van der Waals surface area contributed by atoms with Crippen molar-refractivity contribution in [3.63, 3.8) is 0 Å². The van der Waals surface area contributed by atoms with Gasteiger partial charge in [0, 0.05) is 24.4 Å². The van der Waals surface area contributed by atoms with E-state index in [-0.39, 0.29) is 28.7 Å². The SMILES string of the molecule is Cn1nc(C(F)(F)F)cc1-c1nc(C(=O)NCC(C)(C)C(=O)O)c(O)c2ccc(Oc3ccccc3)cc12. The minimum atomic E-state index is -4.73. The van der Waals surface area contributed by atoms with Crippen LogP contribution in [-0.2, 0) is 18.0 Å². The maximum Gasteiger partial charge on any atom is 0.435 e. The Kier molecular flexibility index (Phi) is 6.75. The highest BCUT2D eigenvalue weighted by Gasteiger charge is 2.35. The molecule has 2 heterocycles. The number of hydrogen-bond donors (Lipinski definition) is 3. The summed E-state index contributed by atoms with van der Waals surface area (Å²) < 4.78 is 47.0. The molecule has 38 heavy (non-hydrogen) atoms. The summed E-state index contributed by atoms with van der Waals surface area (Å²) in [6.45, 7) is 2.51. The molecule has 2 aromatic heterocycles. The first-order chi connectivity index (χ1) is 17.8. The fraction of sp³-hybridized carbons (Fsp3) is 0.231. The number of nitrogens with zero attached hydrogens (tertiary/aromatic N) is 3. The molecule has 0 aliphatic carbocycles. The molecule has 0 saturated heterocycles. The number of carbonyl (C=O) groups excluding carboxylic acids is 1. The number of para-hydroxylation sites is 1. The van der Waals surface area contributed by atoms with Gasteiger partial charge in [-0.3, -0.25) is 14.3 Å². The summed E-state index contributed by atoms with van der Waals surface area (Å²) in [6, 6.07) is 14.0. The lowest BCUT2D eigenvalue weighted by Crippen LogP contribution is -2.39. The number of hydrogen-bond acceptors (Lipinski definition) is 6. The Bertz CT molecular complexity index is 1530. The number of pyridine rings is 1. The Hall–Kier alpha value is -4.61. The fourth-order valence-corrected chi connectivity index (χ4v) is 3.61. The van der Waals surface area contributed by atoms with Crippen molar-refractivity contribution >= 4 is 22.6 Å². The first kappa shape index (κ1) is 26.5. The van der Waals surface area contributed by atoms with E-state index in [1.54, 1.807) is 30.3 Å². The van der Waals surface area contributed by atoms with Crippen LogP contribution < -0.4 is 10.1 Å². The van der Waals surface area contributed by atoms with E-state index in [1.165, 1.54) is 39.1 Å². The molecule has 198 valence electrons. The molecule has 0 spiro atoms. The lowest BCUT2D eigenvalue weighted by atomic mass is 9.94. The lowest BCUT2D eigenvalue weighted by molar-refractivity contribution is -0.146. The summed E-state index contributed by atoms with van der Waals surface area (Å²) >= 11 is 0. The number of aromatic nitrogens is 3. The number of fused-ring (bicyclic) bond motifs is 1. The average molecular weight is 528 g/mol. The maximum atomic E-state index is 13.4. The van der Waals surface area contributed by atoms with Gasteiger partial charge in [-0.05, 0) is 50.2 Å². The van der Waals surface area contributed by atoms with Crippen LogP contribution in [0.2, 0.25) is 0 Å². The van der Waals surface area contributed by atoms with E-state index in [0.717, 1.165) is 10.7 Å². The second-order valence-electron chi connectivity index (χ2n) is 9.19. The second kappa shape index (κ2) is 9.69. The molecule has 0 fully saturated rings. The maximum absolute atomic E-state index is 13.4. The third kappa shape index (κ3) is 5.24. The van der Waals surface area contributed by atoms with Crippen LogP contribution in [0, 0.1) is 5.41 Å². The molecule has 0 aliphatic rings. The fourth-order valence-electron chi connectivity index (χ4n) is 3.61. The molecule has 12 heteroatoms. The number of halogens is 3. The van der Waals surface area contributed by atoms with Gasteiger partial charge in [-0.15, -0.1) is 0 Å². The number of carboxylic acids is 1. The number of carboxylic acid groups (broad SMARTS) is 1. The van der Waals surface area contributed by atoms with Crippen LogP contribution in [-0.4, -0.2) is 43.4 Å². The minimum Gasteiger partial charge on any atom is -0.505 e. The van der Waals surface area contributed by atoms with E-state index >= 15 is 0 Å². The summed E-state index contributed by atoms with van der Waals surface area (Å²) in [4.78, 5) is 28.6. The van der Waals surface area contributed by atoms with Gasteiger partial charge in [-0.2, -0.15) is 18.3 Å². The van der Waals surface area contributed by atoms with Crippen LogP contribution in [0.1, 0.15) is 30.0 Å². The Morgan fingerprint density at radius 2 is 1.71 bits per heavy atom. The molecule has 0 saturated carbocycles. The first-order valence-corrected chi connectivity index (χ1v) is 11.3. The van der Waals surface area contributed by atoms with Gasteiger partial charge in [0.2, 0.25) is 0 Å². The molecule has 0 aliphatic heterocycles. The van der Waals surface area contributed by atoms with Crippen molar-refractivity contribution in [3.05, 3.63) is 66.0 Å². The molecular weight excluding hydrogens is 505 g/mol. The molecule has 4 rings (SSSR count). The summed E-state index contributed by atoms with van der Waals surface area (Å²) in [7, 11) is 1.30. The van der Waals surface area contributed by atoms with E-state index in [0.29, 0.717) is 11.5 Å². The third-order valence-electron chi connectivity index (χ3n) is 5.83. The summed E-state index contributed by atoms with van der Waals surface area (Å²) in [5, 5.41) is 26.5. The zero-order valence-electron chi connectivity index (χ0n) is 20.5. The molecule has 4 aromatic rings. The lowest BCUT2D eigenvalue weighted by Gasteiger charge is -2.20. The highest BCUT2D eigenvalue weighted by Crippen LogP contribution is 2.39. The van der Waals surface area contributed by atoms with Gasteiger partial charge in [0.1, 0.15) is 11.5 Å². The number of benzene rings is 2. The largest absolute Gasteiger partial charge is 0.505 e. The van der Waals surface area contributed by atoms with E-state index in [4.69, 9.17) is 4.74 Å². The number of rotatable bonds is 7. The van der Waals surface area contributed by atoms with Gasteiger partial charge in [0.25, 0.3) is 5.91 Å². The highest BCUT2D eigenvalue weighted by molar-refractivity contribution is 6.06. The number of aromatic hydroxyl groups is 1. The topological polar surface area (TPSA) is 127 Å². The van der Waals surface area contributed by atoms with Crippen LogP contribution in [0.15, 0.2) is 54.6 Å². The van der Waals surface area contributed by atoms with E-state index in [1.807, 2.05) is 0 Å². The van der Waals surface area contributed by atoms with Crippen molar-refractivity contribution in [1.29, 1.82) is 0 Å². The second-order valence-corrected chi connectivity index (χ2v) is 9.19. The Balaban J connectivity index is 1.87. The number of carbonyl (C=O) groups is 2. The molecule has 0 bridgehead atoms. The molecule has 0 radical (unpaired) electrons. The van der Waals surface area contributed by atoms with Crippen molar-refractivity contribution in [2.75, 3.05) is 6.54 Å². The zero-order valence-corrected chi connectivity index (χ0v) is 20.5. The zero-order chi connectivity index (χ0) is 27.8. The van der Waals surface area contributed by atoms with Crippen molar-refractivity contribution in [3.8, 4) is 28.6 Å². The Morgan fingerprint density at radius 3 is 2.32 bits per heavy atom. The minimum absolute atomic E-state index is 0.0653. The summed E-state index contributed by atoms with van der Waals surface area (Å²) in [5.74, 6) is -1.77. The third-order valence-corrected chi connectivity index (χ3v) is 5.83. The number of alkyl halides is 3. The van der Waals surface area contributed by atoms with Crippen molar-refractivity contribution in [1.82, 2.24) is 20.1 Å². The van der Waals surface area contributed by atoms with Gasteiger partial charge in [-0.1, -0.05) is 18.2 Å². The smallest absolute Gasteiger partial charge is 0.435 e. The molecular formula is C26H23F3N4O5. The van der Waals surface area contributed by atoms with Gasteiger partial charge < -0.3 is 20.3 Å². The number of aliphatic carboxylic acids is 1. The monoisotopic (exact) mass is 528 g/mol. The Morgan fingerprint density at radius 1 is 1.03 bits per heavy atom.